The van der Waals surface area contributed by atoms with E-state index in [-0.39, 0.29) is 42.6 Å². The number of hydrogen-bond acceptors (Lipinski definition) is 6. The van der Waals surface area contributed by atoms with Gasteiger partial charge in [0.05, 0.1) is 28.6 Å². The minimum absolute atomic E-state index is 0.0563. The highest BCUT2D eigenvalue weighted by atomic mass is 19.4. The Morgan fingerprint density at radius 3 is 2.48 bits per heavy atom. The monoisotopic (exact) mass is 468 g/mol. The summed E-state index contributed by atoms with van der Waals surface area (Å²) in [7, 11) is 5.11. The van der Waals surface area contributed by atoms with Gasteiger partial charge in [-0.2, -0.15) is 13.2 Å². The number of nitrogens with one attached hydrogen (secondary N) is 2. The number of aromatic nitrogens is 2. The number of aryl methyl sites for hydroxylation is 1. The highest BCUT2D eigenvalue weighted by Gasteiger charge is 2.41. The summed E-state index contributed by atoms with van der Waals surface area (Å²) < 4.78 is 40.6. The first-order valence-electron chi connectivity index (χ1n) is 10.6. The Labute approximate surface area is 189 Å². The van der Waals surface area contributed by atoms with Gasteiger partial charge in [-0.1, -0.05) is 0 Å². The van der Waals surface area contributed by atoms with Crippen molar-refractivity contribution in [1.82, 2.24) is 14.9 Å². The van der Waals surface area contributed by atoms with Gasteiger partial charge in [-0.3, -0.25) is 14.9 Å². The average Bonchev–Trinajstić information content (AvgIpc) is 3.16. The van der Waals surface area contributed by atoms with E-state index in [2.05, 4.69) is 15.6 Å². The topological polar surface area (TPSA) is 105 Å². The van der Waals surface area contributed by atoms with E-state index in [1.807, 2.05) is 11.6 Å². The fourth-order valence-electron chi connectivity index (χ4n) is 4.10. The number of halogens is 3. The van der Waals surface area contributed by atoms with Gasteiger partial charge in [-0.25, -0.2) is 4.98 Å². The third-order valence-electron chi connectivity index (χ3n) is 6.06. The number of alkyl halides is 3. The Morgan fingerprint density at radius 2 is 1.97 bits per heavy atom. The van der Waals surface area contributed by atoms with Crippen LogP contribution < -0.4 is 15.5 Å². The highest BCUT2D eigenvalue weighted by molar-refractivity contribution is 6.02. The van der Waals surface area contributed by atoms with Crippen molar-refractivity contribution in [2.24, 2.45) is 13.0 Å². The van der Waals surface area contributed by atoms with Crippen LogP contribution >= 0.6 is 0 Å². The number of carbonyl (C=O) groups excluding carboxylic acids is 1. The van der Waals surface area contributed by atoms with E-state index in [0.29, 0.717) is 12.2 Å². The molecule has 1 aromatic heterocycles. The lowest BCUT2D eigenvalue weighted by Crippen LogP contribution is -2.40. The number of nitrogens with zero attached hydrogens (tertiary/aromatic N) is 4. The number of nitro groups is 1. The Kier molecular flexibility index (Phi) is 7.13. The molecule has 1 heterocycles. The van der Waals surface area contributed by atoms with Crippen molar-refractivity contribution in [3.63, 3.8) is 0 Å². The van der Waals surface area contributed by atoms with E-state index in [1.165, 1.54) is 12.1 Å². The molecule has 1 fully saturated rings. The Morgan fingerprint density at radius 1 is 1.30 bits per heavy atom. The molecule has 1 aliphatic carbocycles. The first-order chi connectivity index (χ1) is 15.5. The molecule has 1 aliphatic rings. The molecule has 2 N–H and O–H groups in total. The maximum atomic E-state index is 13.1. The molecule has 0 atom stereocenters. The molecular formula is C21H27F3N6O3. The van der Waals surface area contributed by atoms with Crippen molar-refractivity contribution in [2.45, 2.75) is 44.4 Å². The smallest absolute Gasteiger partial charge is 0.383 e. The summed E-state index contributed by atoms with van der Waals surface area (Å²) >= 11 is 0. The number of carbonyl (C=O) groups is 1. The van der Waals surface area contributed by atoms with Crippen molar-refractivity contribution in [2.75, 3.05) is 24.3 Å². The third-order valence-corrected chi connectivity index (χ3v) is 6.06. The summed E-state index contributed by atoms with van der Waals surface area (Å²) in [6.45, 7) is 0.335. The van der Waals surface area contributed by atoms with Crippen molar-refractivity contribution in [1.29, 1.82) is 0 Å². The van der Waals surface area contributed by atoms with Crippen LogP contribution in [0.3, 0.4) is 0 Å². The molecule has 33 heavy (non-hydrogen) atoms. The third kappa shape index (κ3) is 5.55. The van der Waals surface area contributed by atoms with E-state index in [9.17, 15) is 28.1 Å². The summed E-state index contributed by atoms with van der Waals surface area (Å²) in [6, 6.07) is 2.30. The van der Waals surface area contributed by atoms with Gasteiger partial charge >= 0.3 is 6.18 Å². The molecule has 0 radical (unpaired) electrons. The maximum Gasteiger partial charge on any atom is 0.391 e. The van der Waals surface area contributed by atoms with E-state index in [0.717, 1.165) is 5.82 Å². The number of anilines is 2. The number of imidazole rings is 1. The molecule has 9 nitrogen and oxygen atoms in total. The van der Waals surface area contributed by atoms with Gasteiger partial charge < -0.3 is 20.1 Å². The van der Waals surface area contributed by atoms with Crippen LogP contribution in [0.25, 0.3) is 0 Å². The summed E-state index contributed by atoms with van der Waals surface area (Å²) in [5, 5.41) is 17.1. The second-order valence-electron chi connectivity index (χ2n) is 8.27. The molecule has 180 valence electrons. The van der Waals surface area contributed by atoms with Crippen molar-refractivity contribution >= 4 is 23.0 Å². The summed E-state index contributed by atoms with van der Waals surface area (Å²) in [5.74, 6) is -1.20. The Hall–Kier alpha value is -3.31. The van der Waals surface area contributed by atoms with Gasteiger partial charge in [0.2, 0.25) is 0 Å². The van der Waals surface area contributed by atoms with Crippen LogP contribution in [-0.2, 0) is 13.6 Å². The van der Waals surface area contributed by atoms with Crippen LogP contribution in [0.1, 0.15) is 41.9 Å². The first-order valence-corrected chi connectivity index (χ1v) is 10.6. The minimum Gasteiger partial charge on any atom is -0.383 e. The molecule has 3 rings (SSSR count). The molecule has 0 aliphatic heterocycles. The molecular weight excluding hydrogens is 441 g/mol. The van der Waals surface area contributed by atoms with Gasteiger partial charge in [0.15, 0.2) is 0 Å². The van der Waals surface area contributed by atoms with Gasteiger partial charge in [-0.05, 0) is 31.7 Å². The molecule has 0 spiro atoms. The Balaban J connectivity index is 1.87. The number of rotatable bonds is 7. The maximum absolute atomic E-state index is 13.1. The average molecular weight is 468 g/mol. The van der Waals surface area contributed by atoms with Crippen molar-refractivity contribution in [3.8, 4) is 0 Å². The lowest BCUT2D eigenvalue weighted by molar-refractivity contribution is -0.383. The summed E-state index contributed by atoms with van der Waals surface area (Å²) in [4.78, 5) is 30.1. The van der Waals surface area contributed by atoms with E-state index >= 15 is 0 Å². The molecule has 1 saturated carbocycles. The lowest BCUT2D eigenvalue weighted by Gasteiger charge is -2.30. The number of benzene rings is 1. The van der Waals surface area contributed by atoms with Crippen LogP contribution in [0.15, 0.2) is 24.5 Å². The zero-order valence-corrected chi connectivity index (χ0v) is 18.6. The highest BCUT2D eigenvalue weighted by Crippen LogP contribution is 2.38. The largest absolute Gasteiger partial charge is 0.391 e. The zero-order chi connectivity index (χ0) is 24.3. The van der Waals surface area contributed by atoms with Crippen LogP contribution in [0.4, 0.5) is 30.2 Å². The first kappa shape index (κ1) is 24.3. The number of hydrogen-bond donors (Lipinski definition) is 2. The standard InChI is InChI=1S/C21H27F3N6O3/c1-25-16-11-17(29(3)12-19-26-8-9-28(19)2)15(10-18(16)30(32)33)20(31)27-14-6-4-13(5-7-14)21(22,23)24/h8-11,13-14,25H,4-7,12H2,1-3H3,(H,27,31). The fraction of sp³-hybridized carbons (Fsp3) is 0.524. The molecule has 0 bridgehead atoms. The van der Waals surface area contributed by atoms with Crippen molar-refractivity contribution in [3.05, 3.63) is 46.0 Å². The minimum atomic E-state index is -4.24. The fourth-order valence-corrected chi connectivity index (χ4v) is 4.10. The SMILES string of the molecule is CNc1cc(N(C)Cc2nccn2C)c(C(=O)NC2CCC(C(F)(F)F)CC2)cc1[N+](=O)[O-]. The Bertz CT molecular complexity index is 1020. The summed E-state index contributed by atoms with van der Waals surface area (Å²) in [6.07, 6.45) is -0.528. The molecule has 0 saturated heterocycles. The van der Waals surface area contributed by atoms with E-state index < -0.39 is 29.0 Å². The normalized spacial score (nSPS) is 18.6. The molecule has 0 unspecified atom stereocenters. The van der Waals surface area contributed by atoms with Crippen LogP contribution in [0.2, 0.25) is 0 Å². The van der Waals surface area contributed by atoms with Crippen molar-refractivity contribution < 1.29 is 22.9 Å². The van der Waals surface area contributed by atoms with Gasteiger partial charge in [0.25, 0.3) is 11.6 Å². The van der Waals surface area contributed by atoms with Gasteiger partial charge in [-0.15, -0.1) is 0 Å². The predicted octanol–water partition coefficient (Wildman–Crippen LogP) is 3.86. The van der Waals surface area contributed by atoms with Gasteiger partial charge in [0, 0.05) is 45.6 Å². The molecule has 12 heteroatoms. The molecule has 2 aromatic rings. The second-order valence-corrected chi connectivity index (χ2v) is 8.27. The van der Waals surface area contributed by atoms with E-state index in [4.69, 9.17) is 0 Å². The summed E-state index contributed by atoms with van der Waals surface area (Å²) in [5.41, 5.74) is 0.492. The number of amides is 1. The predicted molar refractivity (Wildman–Crippen MR) is 117 cm³/mol. The number of nitro benzene ring substituents is 1. The quantitative estimate of drug-likeness (QED) is 0.472. The van der Waals surface area contributed by atoms with Crippen LogP contribution in [-0.4, -0.2) is 46.7 Å². The second kappa shape index (κ2) is 9.67. The van der Waals surface area contributed by atoms with Gasteiger partial charge in [0.1, 0.15) is 11.5 Å². The van der Waals surface area contributed by atoms with Crippen LogP contribution in [0, 0.1) is 16.0 Å². The van der Waals surface area contributed by atoms with E-state index in [1.54, 1.807) is 31.4 Å². The molecule has 1 aromatic carbocycles. The van der Waals surface area contributed by atoms with Crippen LogP contribution in [0.5, 0.6) is 0 Å². The zero-order valence-electron chi connectivity index (χ0n) is 18.6. The molecule has 1 amide bonds. The lowest BCUT2D eigenvalue weighted by atomic mass is 9.85.